The largest absolute Gasteiger partial charge is 0.483 e. The lowest BCUT2D eigenvalue weighted by atomic mass is 10.1. The summed E-state index contributed by atoms with van der Waals surface area (Å²) in [5, 5.41) is 7.76. The first-order valence-corrected chi connectivity index (χ1v) is 9.20. The van der Waals surface area contributed by atoms with Gasteiger partial charge in [0, 0.05) is 22.8 Å². The number of anilines is 2. The van der Waals surface area contributed by atoms with Gasteiger partial charge in [-0.15, -0.1) is 11.3 Å². The number of thiazole rings is 1. The Morgan fingerprint density at radius 3 is 2.52 bits per heavy atom. The van der Waals surface area contributed by atoms with Gasteiger partial charge in [0.15, 0.2) is 11.7 Å². The number of hydrogen-bond acceptors (Lipinski definition) is 5. The van der Waals surface area contributed by atoms with E-state index in [9.17, 15) is 9.59 Å². The van der Waals surface area contributed by atoms with Crippen LogP contribution in [0.15, 0.2) is 54.0 Å². The lowest BCUT2D eigenvalue weighted by Gasteiger charge is -2.12. The molecule has 1 heterocycles. The van der Waals surface area contributed by atoms with Gasteiger partial charge in [-0.25, -0.2) is 4.98 Å². The van der Waals surface area contributed by atoms with E-state index in [0.717, 1.165) is 11.1 Å². The van der Waals surface area contributed by atoms with Crippen molar-refractivity contribution < 1.29 is 14.3 Å². The van der Waals surface area contributed by atoms with E-state index in [-0.39, 0.29) is 18.4 Å². The lowest BCUT2D eigenvalue weighted by molar-refractivity contribution is -0.118. The standard InChI is InChI=1S/C20H19N3O3S/c1-13-5-3-6-14(2)18(13)26-12-17(24)22-16-8-4-7-15(11-16)19(25)23-20-21-9-10-27-20/h3-11H,12H2,1-2H3,(H,22,24)(H,21,23,25). The summed E-state index contributed by atoms with van der Waals surface area (Å²) < 4.78 is 5.65. The van der Waals surface area contributed by atoms with Crippen molar-refractivity contribution >= 4 is 34.0 Å². The molecule has 0 saturated carbocycles. The first-order valence-electron chi connectivity index (χ1n) is 8.32. The molecule has 0 fully saturated rings. The lowest BCUT2D eigenvalue weighted by Crippen LogP contribution is -2.21. The van der Waals surface area contributed by atoms with Crippen LogP contribution in [0.25, 0.3) is 0 Å². The third-order valence-electron chi connectivity index (χ3n) is 3.82. The number of nitrogens with zero attached hydrogens (tertiary/aromatic N) is 1. The zero-order valence-corrected chi connectivity index (χ0v) is 15.8. The number of aryl methyl sites for hydroxylation is 2. The van der Waals surface area contributed by atoms with Gasteiger partial charge in [0.05, 0.1) is 0 Å². The summed E-state index contributed by atoms with van der Waals surface area (Å²) >= 11 is 1.34. The van der Waals surface area contributed by atoms with Crippen LogP contribution in [0.3, 0.4) is 0 Å². The highest BCUT2D eigenvalue weighted by Gasteiger charge is 2.11. The highest BCUT2D eigenvalue weighted by molar-refractivity contribution is 7.13. The minimum Gasteiger partial charge on any atom is -0.483 e. The Labute approximate surface area is 161 Å². The molecule has 3 rings (SSSR count). The van der Waals surface area contributed by atoms with Crippen LogP contribution >= 0.6 is 11.3 Å². The number of benzene rings is 2. The van der Waals surface area contributed by atoms with Gasteiger partial charge in [-0.3, -0.25) is 14.9 Å². The molecule has 0 saturated heterocycles. The molecule has 0 aliphatic rings. The number of amides is 2. The number of para-hydroxylation sites is 1. The highest BCUT2D eigenvalue weighted by Crippen LogP contribution is 2.22. The van der Waals surface area contributed by atoms with E-state index in [0.29, 0.717) is 22.1 Å². The quantitative estimate of drug-likeness (QED) is 0.676. The maximum Gasteiger partial charge on any atom is 0.262 e. The predicted octanol–water partition coefficient (Wildman–Crippen LogP) is 4.03. The molecule has 7 heteroatoms. The van der Waals surface area contributed by atoms with Crippen molar-refractivity contribution in [2.75, 3.05) is 17.2 Å². The zero-order valence-electron chi connectivity index (χ0n) is 15.0. The number of hydrogen-bond donors (Lipinski definition) is 2. The molecule has 2 aromatic carbocycles. The average molecular weight is 381 g/mol. The Hall–Kier alpha value is -3.19. The molecule has 0 atom stereocenters. The van der Waals surface area contributed by atoms with E-state index >= 15 is 0 Å². The Morgan fingerprint density at radius 2 is 1.81 bits per heavy atom. The second-order valence-electron chi connectivity index (χ2n) is 5.93. The molecule has 1 aromatic heterocycles. The molecule has 2 amide bonds. The van der Waals surface area contributed by atoms with Crippen LogP contribution in [-0.4, -0.2) is 23.4 Å². The molecule has 3 aromatic rings. The van der Waals surface area contributed by atoms with Crippen LogP contribution in [0.1, 0.15) is 21.5 Å². The number of ether oxygens (including phenoxy) is 1. The first kappa shape index (κ1) is 18.6. The van der Waals surface area contributed by atoms with Crippen LogP contribution in [0.5, 0.6) is 5.75 Å². The van der Waals surface area contributed by atoms with Crippen molar-refractivity contribution in [1.82, 2.24) is 4.98 Å². The SMILES string of the molecule is Cc1cccc(C)c1OCC(=O)Nc1cccc(C(=O)Nc2nccs2)c1. The van der Waals surface area contributed by atoms with Crippen LogP contribution < -0.4 is 15.4 Å². The fourth-order valence-corrected chi connectivity index (χ4v) is 3.08. The van der Waals surface area contributed by atoms with Gasteiger partial charge in [-0.2, -0.15) is 0 Å². The number of nitrogens with one attached hydrogen (secondary N) is 2. The number of rotatable bonds is 6. The monoisotopic (exact) mass is 381 g/mol. The van der Waals surface area contributed by atoms with Crippen molar-refractivity contribution in [3.8, 4) is 5.75 Å². The van der Waals surface area contributed by atoms with E-state index in [1.807, 2.05) is 32.0 Å². The Bertz CT molecular complexity index is 935. The van der Waals surface area contributed by atoms with Gasteiger partial charge >= 0.3 is 0 Å². The first-order chi connectivity index (χ1) is 13.0. The Kier molecular flexibility index (Phi) is 5.83. The zero-order chi connectivity index (χ0) is 19.2. The smallest absolute Gasteiger partial charge is 0.262 e. The normalized spacial score (nSPS) is 10.3. The van der Waals surface area contributed by atoms with E-state index in [1.165, 1.54) is 11.3 Å². The molecule has 6 nitrogen and oxygen atoms in total. The van der Waals surface area contributed by atoms with Crippen LogP contribution in [-0.2, 0) is 4.79 Å². The summed E-state index contributed by atoms with van der Waals surface area (Å²) in [5.41, 5.74) is 2.91. The number of carbonyl (C=O) groups is 2. The summed E-state index contributed by atoms with van der Waals surface area (Å²) in [6.07, 6.45) is 1.62. The molecule has 2 N–H and O–H groups in total. The fourth-order valence-electron chi connectivity index (χ4n) is 2.55. The topological polar surface area (TPSA) is 80.3 Å². The molecule has 0 spiro atoms. The second kappa shape index (κ2) is 8.46. The van der Waals surface area contributed by atoms with E-state index in [1.54, 1.807) is 35.8 Å². The Morgan fingerprint density at radius 1 is 1.07 bits per heavy atom. The number of carbonyl (C=O) groups excluding carboxylic acids is 2. The molecule has 0 bridgehead atoms. The molecule has 27 heavy (non-hydrogen) atoms. The molecule has 138 valence electrons. The summed E-state index contributed by atoms with van der Waals surface area (Å²) in [7, 11) is 0. The van der Waals surface area contributed by atoms with Gasteiger partial charge in [-0.1, -0.05) is 24.3 Å². The minimum atomic E-state index is -0.296. The third kappa shape index (κ3) is 4.92. The molecule has 0 aliphatic carbocycles. The maximum atomic E-state index is 12.3. The van der Waals surface area contributed by atoms with Gasteiger partial charge in [0.2, 0.25) is 0 Å². The summed E-state index contributed by atoms with van der Waals surface area (Å²) in [6, 6.07) is 12.5. The fraction of sp³-hybridized carbons (Fsp3) is 0.150. The van der Waals surface area contributed by atoms with Crippen molar-refractivity contribution in [3.63, 3.8) is 0 Å². The van der Waals surface area contributed by atoms with E-state index in [2.05, 4.69) is 15.6 Å². The van der Waals surface area contributed by atoms with E-state index < -0.39 is 0 Å². The Balaban J connectivity index is 1.60. The van der Waals surface area contributed by atoms with Crippen molar-refractivity contribution in [3.05, 3.63) is 70.7 Å². The van der Waals surface area contributed by atoms with Crippen LogP contribution in [0.4, 0.5) is 10.8 Å². The van der Waals surface area contributed by atoms with Gasteiger partial charge in [-0.05, 0) is 43.2 Å². The maximum absolute atomic E-state index is 12.3. The molecule has 0 radical (unpaired) electrons. The molecule has 0 unspecified atom stereocenters. The highest BCUT2D eigenvalue weighted by atomic mass is 32.1. The van der Waals surface area contributed by atoms with Gasteiger partial charge < -0.3 is 10.1 Å². The third-order valence-corrected chi connectivity index (χ3v) is 4.51. The molecular formula is C20H19N3O3S. The minimum absolute atomic E-state index is 0.110. The van der Waals surface area contributed by atoms with Crippen LogP contribution in [0, 0.1) is 13.8 Å². The van der Waals surface area contributed by atoms with Crippen LogP contribution in [0.2, 0.25) is 0 Å². The van der Waals surface area contributed by atoms with Gasteiger partial charge in [0.1, 0.15) is 5.75 Å². The van der Waals surface area contributed by atoms with Crippen molar-refractivity contribution in [2.24, 2.45) is 0 Å². The second-order valence-corrected chi connectivity index (χ2v) is 6.82. The average Bonchev–Trinajstić information content (AvgIpc) is 3.14. The molecular weight excluding hydrogens is 362 g/mol. The summed E-state index contributed by atoms with van der Waals surface area (Å²) in [6.45, 7) is 3.76. The van der Waals surface area contributed by atoms with Crippen molar-refractivity contribution in [1.29, 1.82) is 0 Å². The summed E-state index contributed by atoms with van der Waals surface area (Å²) in [5.74, 6) is 0.132. The predicted molar refractivity (Wildman–Crippen MR) is 107 cm³/mol. The summed E-state index contributed by atoms with van der Waals surface area (Å²) in [4.78, 5) is 28.5. The van der Waals surface area contributed by atoms with Crippen molar-refractivity contribution in [2.45, 2.75) is 13.8 Å². The number of aromatic nitrogens is 1. The molecule has 0 aliphatic heterocycles. The van der Waals surface area contributed by atoms with E-state index in [4.69, 9.17) is 4.74 Å². The van der Waals surface area contributed by atoms with Gasteiger partial charge in [0.25, 0.3) is 11.8 Å².